The standard InChI is InChI=1S/C15H17F2NO2/c1-9-5-11(15(17)13(16)6-9)8-18-12(7-10(2)19)3-4-14(18)20/h5-6,12H,3-4,7-8H2,1-2H3. The number of Topliss-reactive ketones (excluding diaryl/α,β-unsaturated/α-hetero) is 1. The third-order valence-corrected chi connectivity index (χ3v) is 3.56. The molecule has 1 amide bonds. The van der Waals surface area contributed by atoms with Crippen molar-refractivity contribution in [3.05, 3.63) is 34.9 Å². The first-order valence-corrected chi connectivity index (χ1v) is 6.62. The summed E-state index contributed by atoms with van der Waals surface area (Å²) < 4.78 is 27.2. The molecule has 1 unspecified atom stereocenters. The van der Waals surface area contributed by atoms with Crippen LogP contribution in [-0.4, -0.2) is 22.6 Å². The number of carbonyl (C=O) groups is 2. The average molecular weight is 281 g/mol. The molecule has 0 spiro atoms. The highest BCUT2D eigenvalue weighted by atomic mass is 19.2. The summed E-state index contributed by atoms with van der Waals surface area (Å²) in [6.45, 7) is 3.15. The molecule has 1 fully saturated rings. The number of benzene rings is 1. The molecular formula is C15H17F2NO2. The highest BCUT2D eigenvalue weighted by Gasteiger charge is 2.32. The Kier molecular flexibility index (Phi) is 4.16. The van der Waals surface area contributed by atoms with Crippen molar-refractivity contribution in [3.8, 4) is 0 Å². The molecule has 0 N–H and O–H groups in total. The summed E-state index contributed by atoms with van der Waals surface area (Å²) in [4.78, 5) is 24.5. The van der Waals surface area contributed by atoms with Gasteiger partial charge in [-0.05, 0) is 31.9 Å². The molecule has 1 aromatic rings. The quantitative estimate of drug-likeness (QED) is 0.851. The number of rotatable bonds is 4. The van der Waals surface area contributed by atoms with Crippen LogP contribution in [0.5, 0.6) is 0 Å². The van der Waals surface area contributed by atoms with Crippen molar-refractivity contribution in [2.75, 3.05) is 0 Å². The second-order valence-electron chi connectivity index (χ2n) is 5.34. The van der Waals surface area contributed by atoms with E-state index in [1.807, 2.05) is 0 Å². The van der Waals surface area contributed by atoms with Gasteiger partial charge in [-0.2, -0.15) is 0 Å². The molecule has 108 valence electrons. The Morgan fingerprint density at radius 2 is 2.10 bits per heavy atom. The van der Waals surface area contributed by atoms with Crippen molar-refractivity contribution in [2.45, 2.75) is 45.7 Å². The van der Waals surface area contributed by atoms with Gasteiger partial charge in [0.25, 0.3) is 0 Å². The van der Waals surface area contributed by atoms with Gasteiger partial charge < -0.3 is 4.90 Å². The van der Waals surface area contributed by atoms with E-state index in [2.05, 4.69) is 0 Å². The van der Waals surface area contributed by atoms with Crippen LogP contribution in [-0.2, 0) is 16.1 Å². The van der Waals surface area contributed by atoms with Crippen LogP contribution in [0.1, 0.15) is 37.3 Å². The number of amides is 1. The zero-order chi connectivity index (χ0) is 14.9. The highest BCUT2D eigenvalue weighted by Crippen LogP contribution is 2.26. The van der Waals surface area contributed by atoms with Crippen LogP contribution in [0.2, 0.25) is 0 Å². The maximum Gasteiger partial charge on any atom is 0.223 e. The third kappa shape index (κ3) is 3.03. The molecule has 0 saturated carbocycles. The maximum absolute atomic E-state index is 13.8. The molecule has 1 atom stereocenters. The van der Waals surface area contributed by atoms with E-state index in [1.165, 1.54) is 17.9 Å². The van der Waals surface area contributed by atoms with E-state index in [0.717, 1.165) is 6.07 Å². The smallest absolute Gasteiger partial charge is 0.223 e. The lowest BCUT2D eigenvalue weighted by molar-refractivity contribution is -0.130. The van der Waals surface area contributed by atoms with Crippen LogP contribution in [0, 0.1) is 18.6 Å². The van der Waals surface area contributed by atoms with Crippen LogP contribution < -0.4 is 0 Å². The molecule has 3 nitrogen and oxygen atoms in total. The minimum Gasteiger partial charge on any atom is -0.335 e. The Labute approximate surface area is 116 Å². The van der Waals surface area contributed by atoms with Crippen molar-refractivity contribution in [3.63, 3.8) is 0 Å². The Balaban J connectivity index is 2.23. The lowest BCUT2D eigenvalue weighted by Gasteiger charge is -2.24. The first-order valence-electron chi connectivity index (χ1n) is 6.62. The van der Waals surface area contributed by atoms with Crippen LogP contribution in [0.4, 0.5) is 8.78 Å². The summed E-state index contributed by atoms with van der Waals surface area (Å²) in [7, 11) is 0. The highest BCUT2D eigenvalue weighted by molar-refractivity contribution is 5.81. The molecule has 1 aliphatic rings. The van der Waals surface area contributed by atoms with E-state index < -0.39 is 11.6 Å². The maximum atomic E-state index is 13.8. The summed E-state index contributed by atoms with van der Waals surface area (Å²) in [5, 5.41) is 0. The Bertz CT molecular complexity index is 557. The van der Waals surface area contributed by atoms with Crippen molar-refractivity contribution in [2.24, 2.45) is 0 Å². The van der Waals surface area contributed by atoms with Gasteiger partial charge in [-0.25, -0.2) is 8.78 Å². The fourth-order valence-electron chi connectivity index (χ4n) is 2.65. The van der Waals surface area contributed by atoms with Crippen molar-refractivity contribution >= 4 is 11.7 Å². The molecule has 0 aliphatic carbocycles. The number of nitrogens with zero attached hydrogens (tertiary/aromatic N) is 1. The molecular weight excluding hydrogens is 264 g/mol. The van der Waals surface area contributed by atoms with Crippen LogP contribution >= 0.6 is 0 Å². The van der Waals surface area contributed by atoms with Crippen LogP contribution in [0.3, 0.4) is 0 Å². The largest absolute Gasteiger partial charge is 0.335 e. The summed E-state index contributed by atoms with van der Waals surface area (Å²) >= 11 is 0. The van der Waals surface area contributed by atoms with E-state index in [1.54, 1.807) is 6.92 Å². The number of carbonyl (C=O) groups excluding carboxylic acids is 2. The number of likely N-dealkylation sites (tertiary alicyclic amines) is 1. The number of aryl methyl sites for hydroxylation is 1. The molecule has 1 saturated heterocycles. The fraction of sp³-hybridized carbons (Fsp3) is 0.467. The van der Waals surface area contributed by atoms with E-state index in [4.69, 9.17) is 0 Å². The van der Waals surface area contributed by atoms with E-state index in [0.29, 0.717) is 18.4 Å². The van der Waals surface area contributed by atoms with Crippen molar-refractivity contribution in [1.29, 1.82) is 0 Å². The van der Waals surface area contributed by atoms with Crippen LogP contribution in [0.25, 0.3) is 0 Å². The molecule has 20 heavy (non-hydrogen) atoms. The fourth-order valence-corrected chi connectivity index (χ4v) is 2.65. The molecule has 0 bridgehead atoms. The van der Waals surface area contributed by atoms with Gasteiger partial charge in [-0.1, -0.05) is 6.07 Å². The van der Waals surface area contributed by atoms with Gasteiger partial charge in [0.2, 0.25) is 5.91 Å². The van der Waals surface area contributed by atoms with E-state index in [9.17, 15) is 18.4 Å². The molecule has 1 heterocycles. The number of hydrogen-bond donors (Lipinski definition) is 0. The average Bonchev–Trinajstić information content (AvgIpc) is 2.67. The second-order valence-corrected chi connectivity index (χ2v) is 5.34. The monoisotopic (exact) mass is 281 g/mol. The molecule has 1 aromatic carbocycles. The van der Waals surface area contributed by atoms with Gasteiger partial charge >= 0.3 is 0 Å². The summed E-state index contributed by atoms with van der Waals surface area (Å²) in [5.41, 5.74) is 0.764. The minimum atomic E-state index is -0.920. The SMILES string of the molecule is CC(=O)CC1CCC(=O)N1Cc1cc(C)cc(F)c1F. The predicted molar refractivity (Wildman–Crippen MR) is 70.0 cm³/mol. The first-order chi connectivity index (χ1) is 9.38. The third-order valence-electron chi connectivity index (χ3n) is 3.56. The van der Waals surface area contributed by atoms with Gasteiger partial charge in [0.1, 0.15) is 5.78 Å². The van der Waals surface area contributed by atoms with Gasteiger partial charge in [-0.15, -0.1) is 0 Å². The van der Waals surface area contributed by atoms with Gasteiger partial charge in [-0.3, -0.25) is 9.59 Å². The zero-order valence-corrected chi connectivity index (χ0v) is 11.6. The molecule has 2 rings (SSSR count). The Morgan fingerprint density at radius 1 is 1.40 bits per heavy atom. The van der Waals surface area contributed by atoms with Gasteiger partial charge in [0.15, 0.2) is 11.6 Å². The van der Waals surface area contributed by atoms with E-state index in [-0.39, 0.29) is 36.3 Å². The summed E-state index contributed by atoms with van der Waals surface area (Å²) in [5.74, 6) is -1.95. The lowest BCUT2D eigenvalue weighted by Crippen LogP contribution is -2.34. The topological polar surface area (TPSA) is 37.4 Å². The molecule has 1 aliphatic heterocycles. The molecule has 0 radical (unpaired) electrons. The number of ketones is 1. The van der Waals surface area contributed by atoms with Gasteiger partial charge in [0, 0.05) is 31.0 Å². The summed E-state index contributed by atoms with van der Waals surface area (Å²) in [6, 6.07) is 2.45. The Morgan fingerprint density at radius 3 is 2.75 bits per heavy atom. The molecule has 5 heteroatoms. The lowest BCUT2D eigenvalue weighted by atomic mass is 10.1. The minimum absolute atomic E-state index is 0.00871. The first kappa shape index (κ1) is 14.6. The molecule has 0 aromatic heterocycles. The number of halogens is 2. The second kappa shape index (κ2) is 5.69. The van der Waals surface area contributed by atoms with Crippen molar-refractivity contribution < 1.29 is 18.4 Å². The predicted octanol–water partition coefficient (Wildman–Crippen LogP) is 2.74. The zero-order valence-electron chi connectivity index (χ0n) is 11.6. The van der Waals surface area contributed by atoms with Crippen molar-refractivity contribution in [1.82, 2.24) is 4.90 Å². The number of hydrogen-bond acceptors (Lipinski definition) is 2. The normalized spacial score (nSPS) is 18.7. The Hall–Kier alpha value is -1.78. The van der Waals surface area contributed by atoms with Crippen LogP contribution in [0.15, 0.2) is 12.1 Å². The summed E-state index contributed by atoms with van der Waals surface area (Å²) in [6.07, 6.45) is 1.21. The van der Waals surface area contributed by atoms with Gasteiger partial charge in [0.05, 0.1) is 0 Å². The van der Waals surface area contributed by atoms with E-state index >= 15 is 0 Å².